The van der Waals surface area contributed by atoms with Crippen LogP contribution in [0.25, 0.3) is 0 Å². The van der Waals surface area contributed by atoms with Gasteiger partial charge in [-0.3, -0.25) is 0 Å². The summed E-state index contributed by atoms with van der Waals surface area (Å²) in [6.45, 7) is 0.883. The van der Waals surface area contributed by atoms with Gasteiger partial charge in [0.25, 0.3) is 0 Å². The lowest BCUT2D eigenvalue weighted by atomic mass is 10.1. The molecule has 0 aliphatic carbocycles. The van der Waals surface area contributed by atoms with Crippen molar-refractivity contribution in [3.63, 3.8) is 0 Å². The van der Waals surface area contributed by atoms with Gasteiger partial charge in [-0.15, -0.1) is 0 Å². The van der Waals surface area contributed by atoms with Crippen LogP contribution in [0.1, 0.15) is 17.5 Å². The Hall–Kier alpha value is -2.27. The summed E-state index contributed by atoms with van der Waals surface area (Å²) in [5, 5.41) is 12.3. The van der Waals surface area contributed by atoms with Crippen LogP contribution in [0.2, 0.25) is 0 Å². The van der Waals surface area contributed by atoms with Crippen molar-refractivity contribution >= 4 is 5.69 Å². The van der Waals surface area contributed by atoms with Crippen molar-refractivity contribution in [3.8, 4) is 6.07 Å². The molecule has 2 aromatic rings. The number of anilines is 1. The topological polar surface area (TPSA) is 35.8 Å². The number of rotatable bonds is 5. The molecule has 0 spiro atoms. The normalized spacial score (nSPS) is 9.72. The number of para-hydroxylation sites is 1. The van der Waals surface area contributed by atoms with Crippen molar-refractivity contribution in [1.29, 1.82) is 5.26 Å². The first-order chi connectivity index (χ1) is 8.90. The minimum atomic E-state index is 0.706. The molecule has 0 bridgehead atoms. The van der Waals surface area contributed by atoms with Crippen molar-refractivity contribution in [2.24, 2.45) is 0 Å². The number of nitriles is 1. The summed E-state index contributed by atoms with van der Waals surface area (Å²) in [7, 11) is 0. The molecule has 0 amide bonds. The van der Waals surface area contributed by atoms with Gasteiger partial charge in [-0.1, -0.05) is 42.5 Å². The summed E-state index contributed by atoms with van der Waals surface area (Å²) in [5.41, 5.74) is 2.98. The van der Waals surface area contributed by atoms with E-state index in [4.69, 9.17) is 5.26 Å². The smallest absolute Gasteiger partial charge is 0.101 e. The van der Waals surface area contributed by atoms with E-state index in [9.17, 15) is 0 Å². The second-order valence-electron chi connectivity index (χ2n) is 4.17. The number of aryl methyl sites for hydroxylation is 1. The number of nitrogens with one attached hydrogen (secondary N) is 1. The number of benzene rings is 2. The van der Waals surface area contributed by atoms with Gasteiger partial charge in [-0.05, 0) is 30.5 Å². The Morgan fingerprint density at radius 2 is 1.67 bits per heavy atom. The van der Waals surface area contributed by atoms with Crippen molar-refractivity contribution in [3.05, 3.63) is 65.7 Å². The van der Waals surface area contributed by atoms with Gasteiger partial charge in [0.15, 0.2) is 0 Å². The largest absolute Gasteiger partial charge is 0.384 e. The Kier molecular flexibility index (Phi) is 4.38. The van der Waals surface area contributed by atoms with Crippen molar-refractivity contribution in [2.45, 2.75) is 12.8 Å². The van der Waals surface area contributed by atoms with E-state index in [-0.39, 0.29) is 0 Å². The number of hydrogen-bond donors (Lipinski definition) is 1. The zero-order valence-electron chi connectivity index (χ0n) is 10.3. The molecule has 0 unspecified atom stereocenters. The Bertz CT molecular complexity index is 526. The Morgan fingerprint density at radius 3 is 2.44 bits per heavy atom. The van der Waals surface area contributed by atoms with Gasteiger partial charge in [0.2, 0.25) is 0 Å². The first-order valence-electron chi connectivity index (χ1n) is 6.17. The second-order valence-corrected chi connectivity index (χ2v) is 4.17. The van der Waals surface area contributed by atoms with Crippen LogP contribution in [0.5, 0.6) is 0 Å². The first kappa shape index (κ1) is 12.2. The quantitative estimate of drug-likeness (QED) is 0.805. The predicted octanol–water partition coefficient (Wildman–Crippen LogP) is 3.60. The molecule has 2 nitrogen and oxygen atoms in total. The summed E-state index contributed by atoms with van der Waals surface area (Å²) >= 11 is 0. The molecule has 0 aliphatic rings. The van der Waals surface area contributed by atoms with Crippen LogP contribution in [0.4, 0.5) is 5.69 Å². The van der Waals surface area contributed by atoms with E-state index in [0.29, 0.717) is 5.56 Å². The van der Waals surface area contributed by atoms with E-state index in [1.54, 1.807) is 0 Å². The van der Waals surface area contributed by atoms with Crippen LogP contribution >= 0.6 is 0 Å². The fourth-order valence-electron chi connectivity index (χ4n) is 1.90. The minimum absolute atomic E-state index is 0.706. The first-order valence-corrected chi connectivity index (χ1v) is 6.17. The van der Waals surface area contributed by atoms with Crippen molar-refractivity contribution in [2.75, 3.05) is 11.9 Å². The van der Waals surface area contributed by atoms with Crippen LogP contribution in [0, 0.1) is 11.3 Å². The summed E-state index contributed by atoms with van der Waals surface area (Å²) in [6.07, 6.45) is 2.12. The molecule has 0 aliphatic heterocycles. The molecule has 0 heterocycles. The molecule has 18 heavy (non-hydrogen) atoms. The van der Waals surface area contributed by atoms with E-state index >= 15 is 0 Å². The maximum Gasteiger partial charge on any atom is 0.101 e. The molecule has 2 aromatic carbocycles. The third kappa shape index (κ3) is 3.36. The maximum absolute atomic E-state index is 8.96. The molecule has 1 N–H and O–H groups in total. The third-order valence-corrected chi connectivity index (χ3v) is 2.85. The van der Waals surface area contributed by atoms with Crippen molar-refractivity contribution in [1.82, 2.24) is 0 Å². The molecule has 0 radical (unpaired) electrons. The van der Waals surface area contributed by atoms with Crippen LogP contribution in [-0.4, -0.2) is 6.54 Å². The molecule has 0 aromatic heterocycles. The highest BCUT2D eigenvalue weighted by Gasteiger charge is 1.99. The van der Waals surface area contributed by atoms with Crippen LogP contribution in [0.3, 0.4) is 0 Å². The molecular formula is C16H16N2. The van der Waals surface area contributed by atoms with Gasteiger partial charge in [-0.2, -0.15) is 5.26 Å². The zero-order valence-corrected chi connectivity index (χ0v) is 10.3. The Balaban J connectivity index is 1.81. The highest BCUT2D eigenvalue weighted by atomic mass is 14.9. The maximum atomic E-state index is 8.96. The Morgan fingerprint density at radius 1 is 0.944 bits per heavy atom. The lowest BCUT2D eigenvalue weighted by molar-refractivity contribution is 0.863. The fraction of sp³-hybridized carbons (Fsp3) is 0.188. The molecule has 90 valence electrons. The number of nitrogens with zero attached hydrogens (tertiary/aromatic N) is 1. The molecule has 0 saturated heterocycles. The fourth-order valence-corrected chi connectivity index (χ4v) is 1.90. The number of hydrogen-bond acceptors (Lipinski definition) is 2. The van der Waals surface area contributed by atoms with Gasteiger partial charge in [0.1, 0.15) is 6.07 Å². The van der Waals surface area contributed by atoms with E-state index in [1.807, 2.05) is 30.3 Å². The van der Waals surface area contributed by atoms with E-state index in [0.717, 1.165) is 25.1 Å². The summed E-state index contributed by atoms with van der Waals surface area (Å²) in [5.74, 6) is 0. The zero-order chi connectivity index (χ0) is 12.6. The summed E-state index contributed by atoms with van der Waals surface area (Å²) in [4.78, 5) is 0. The summed E-state index contributed by atoms with van der Waals surface area (Å²) in [6, 6.07) is 20.2. The molecule has 2 heteroatoms. The van der Waals surface area contributed by atoms with Gasteiger partial charge in [-0.25, -0.2) is 0 Å². The lowest BCUT2D eigenvalue weighted by Gasteiger charge is -2.07. The lowest BCUT2D eigenvalue weighted by Crippen LogP contribution is -2.04. The van der Waals surface area contributed by atoms with Gasteiger partial charge in [0.05, 0.1) is 11.3 Å². The molecule has 0 saturated carbocycles. The van der Waals surface area contributed by atoms with Crippen LogP contribution < -0.4 is 5.32 Å². The highest BCUT2D eigenvalue weighted by molar-refractivity contribution is 5.57. The highest BCUT2D eigenvalue weighted by Crippen LogP contribution is 2.13. The molecule has 0 atom stereocenters. The SMILES string of the molecule is N#Cc1ccccc1NCCCc1ccccc1. The van der Waals surface area contributed by atoms with E-state index in [2.05, 4.69) is 35.7 Å². The third-order valence-electron chi connectivity index (χ3n) is 2.85. The molecule has 0 fully saturated rings. The van der Waals surface area contributed by atoms with E-state index < -0.39 is 0 Å². The predicted molar refractivity (Wildman–Crippen MR) is 74.4 cm³/mol. The minimum Gasteiger partial charge on any atom is -0.384 e. The average molecular weight is 236 g/mol. The molecular weight excluding hydrogens is 220 g/mol. The summed E-state index contributed by atoms with van der Waals surface area (Å²) < 4.78 is 0. The van der Waals surface area contributed by atoms with Gasteiger partial charge < -0.3 is 5.32 Å². The second kappa shape index (κ2) is 6.46. The Labute approximate surface area is 108 Å². The molecule has 2 rings (SSSR count). The average Bonchev–Trinajstić information content (AvgIpc) is 2.45. The monoisotopic (exact) mass is 236 g/mol. The van der Waals surface area contributed by atoms with Crippen LogP contribution in [0.15, 0.2) is 54.6 Å². The standard InChI is InChI=1S/C16H16N2/c17-13-15-10-4-5-11-16(15)18-12-6-9-14-7-2-1-3-8-14/h1-5,7-8,10-11,18H,6,9,12H2. The van der Waals surface area contributed by atoms with Gasteiger partial charge in [0, 0.05) is 6.54 Å². The van der Waals surface area contributed by atoms with E-state index in [1.165, 1.54) is 5.56 Å². The van der Waals surface area contributed by atoms with Crippen LogP contribution in [-0.2, 0) is 6.42 Å². The van der Waals surface area contributed by atoms with Crippen molar-refractivity contribution < 1.29 is 0 Å². The van der Waals surface area contributed by atoms with Gasteiger partial charge >= 0.3 is 0 Å².